The van der Waals surface area contributed by atoms with Crippen LogP contribution in [0, 0.1) is 0 Å². The molecule has 4 nitrogen and oxygen atoms in total. The van der Waals surface area contributed by atoms with E-state index in [4.69, 9.17) is 41.7 Å². The van der Waals surface area contributed by atoms with Crippen LogP contribution >= 0.6 is 13.0 Å². The molecule has 1 aliphatic heterocycles. The molecular formula is C12H26O4P2S2. The molecule has 1 saturated heterocycles. The Balaban J connectivity index is 2.81. The lowest BCUT2D eigenvalue weighted by Gasteiger charge is -2.38. The van der Waals surface area contributed by atoms with Gasteiger partial charge in [-0.3, -0.25) is 0 Å². The van der Waals surface area contributed by atoms with Gasteiger partial charge in [0, 0.05) is 10.3 Å². The molecule has 20 heavy (non-hydrogen) atoms. The average Bonchev–Trinajstić information content (AvgIpc) is 2.27. The van der Waals surface area contributed by atoms with Crippen LogP contribution in [0.2, 0.25) is 0 Å². The van der Waals surface area contributed by atoms with Crippen LogP contribution in [0.25, 0.3) is 0 Å². The summed E-state index contributed by atoms with van der Waals surface area (Å²) >= 11 is 11.2. The first-order valence-electron chi connectivity index (χ1n) is 6.70. The van der Waals surface area contributed by atoms with Crippen molar-refractivity contribution < 1.29 is 18.1 Å². The van der Waals surface area contributed by atoms with Gasteiger partial charge in [0.25, 0.3) is 0 Å². The minimum atomic E-state index is -2.35. The largest absolute Gasteiger partial charge is 0.326 e. The molecule has 0 aliphatic carbocycles. The molecule has 8 heteroatoms. The molecule has 0 aromatic heterocycles. The first-order valence-corrected chi connectivity index (χ1v) is 12.0. The Labute approximate surface area is 133 Å². The summed E-state index contributed by atoms with van der Waals surface area (Å²) in [5.74, 6) is 0. The molecule has 0 unspecified atom stereocenters. The van der Waals surface area contributed by atoms with E-state index in [1.165, 1.54) is 0 Å². The summed E-state index contributed by atoms with van der Waals surface area (Å²) < 4.78 is 23.5. The van der Waals surface area contributed by atoms with Gasteiger partial charge in [0.1, 0.15) is 0 Å². The van der Waals surface area contributed by atoms with Crippen LogP contribution < -0.4 is 0 Å². The lowest BCUT2D eigenvalue weighted by molar-refractivity contribution is 0.133. The fraction of sp³-hybridized carbons (Fsp3) is 1.00. The summed E-state index contributed by atoms with van der Waals surface area (Å²) in [5, 5.41) is -0.405. The van der Waals surface area contributed by atoms with Gasteiger partial charge in [-0.1, -0.05) is 41.5 Å². The van der Waals surface area contributed by atoms with Gasteiger partial charge < -0.3 is 18.1 Å². The number of rotatable bonds is 0. The quantitative estimate of drug-likeness (QED) is 0.600. The molecule has 0 atom stereocenters. The second kappa shape index (κ2) is 6.72. The van der Waals surface area contributed by atoms with E-state index >= 15 is 0 Å². The van der Waals surface area contributed by atoms with Crippen LogP contribution in [0.3, 0.4) is 0 Å². The maximum Gasteiger partial charge on any atom is 0.194 e. The predicted octanol–water partition coefficient (Wildman–Crippen LogP) is 4.28. The van der Waals surface area contributed by atoms with Gasteiger partial charge in [-0.25, -0.2) is 0 Å². The van der Waals surface area contributed by atoms with Crippen LogP contribution in [-0.4, -0.2) is 36.7 Å². The zero-order valence-electron chi connectivity index (χ0n) is 13.2. The van der Waals surface area contributed by atoms with E-state index in [-0.39, 0.29) is 10.3 Å². The molecule has 0 spiro atoms. The average molecular weight is 360 g/mol. The number of hydrogen-bond donors (Lipinski definition) is 0. The monoisotopic (exact) mass is 360 g/mol. The summed E-state index contributed by atoms with van der Waals surface area (Å²) in [5.41, 5.74) is 0. The van der Waals surface area contributed by atoms with E-state index in [1.54, 1.807) is 0 Å². The fourth-order valence-electron chi connectivity index (χ4n) is 1.48. The Morgan fingerprint density at radius 2 is 0.800 bits per heavy atom. The van der Waals surface area contributed by atoms with Crippen LogP contribution in [0.5, 0.6) is 0 Å². The highest BCUT2D eigenvalue weighted by Gasteiger charge is 2.38. The molecule has 1 aliphatic rings. The molecule has 1 fully saturated rings. The van der Waals surface area contributed by atoms with Gasteiger partial charge in [0.05, 0.1) is 26.4 Å². The van der Waals surface area contributed by atoms with Crippen molar-refractivity contribution in [2.24, 2.45) is 0 Å². The second-order valence-electron chi connectivity index (χ2n) is 6.67. The summed E-state index contributed by atoms with van der Waals surface area (Å²) in [6.45, 7) is 9.14. The molecule has 0 saturated carbocycles. The Morgan fingerprint density at radius 1 is 0.600 bits per heavy atom. The summed E-state index contributed by atoms with van der Waals surface area (Å²) in [6, 6.07) is 0. The van der Waals surface area contributed by atoms with Gasteiger partial charge in [0.15, 0.2) is 13.0 Å². The minimum Gasteiger partial charge on any atom is -0.326 e. The topological polar surface area (TPSA) is 36.9 Å². The van der Waals surface area contributed by atoms with E-state index in [2.05, 4.69) is 0 Å². The van der Waals surface area contributed by atoms with Gasteiger partial charge in [0.2, 0.25) is 0 Å². The molecule has 1 rings (SSSR count). The molecule has 0 N–H and O–H groups in total. The zero-order chi connectivity index (χ0) is 15.7. The van der Waals surface area contributed by atoms with Crippen LogP contribution in [-0.2, 0) is 41.7 Å². The SMILES string of the molecule is CC(C)(C)P1(=S)OCCOP(=S)(C(C)(C)C)OCCO1. The van der Waals surface area contributed by atoms with Gasteiger partial charge >= 0.3 is 0 Å². The van der Waals surface area contributed by atoms with E-state index < -0.39 is 13.0 Å². The van der Waals surface area contributed by atoms with Crippen molar-refractivity contribution in [1.82, 2.24) is 0 Å². The van der Waals surface area contributed by atoms with E-state index in [1.807, 2.05) is 41.5 Å². The lowest BCUT2D eigenvalue weighted by Crippen LogP contribution is -2.25. The van der Waals surface area contributed by atoms with Crippen molar-refractivity contribution in [3.63, 3.8) is 0 Å². The molecule has 1 heterocycles. The Morgan fingerprint density at radius 3 is 0.950 bits per heavy atom. The smallest absolute Gasteiger partial charge is 0.194 e. The van der Waals surface area contributed by atoms with Crippen LogP contribution in [0.4, 0.5) is 0 Å². The Hall–Kier alpha value is 1.14. The Kier molecular flexibility index (Phi) is 6.44. The lowest BCUT2D eigenvalue weighted by atomic mass is 10.3. The van der Waals surface area contributed by atoms with Gasteiger partial charge in [-0.15, -0.1) is 0 Å². The van der Waals surface area contributed by atoms with Crippen molar-refractivity contribution >= 4 is 36.6 Å². The van der Waals surface area contributed by atoms with Crippen molar-refractivity contribution in [2.75, 3.05) is 26.4 Å². The fourth-order valence-corrected chi connectivity index (χ4v) is 5.33. The third kappa shape index (κ3) is 4.57. The first-order chi connectivity index (χ1) is 8.91. The number of hydrogen-bond acceptors (Lipinski definition) is 6. The highest BCUT2D eigenvalue weighted by Crippen LogP contribution is 2.63. The molecule has 0 aromatic carbocycles. The van der Waals surface area contributed by atoms with Crippen LogP contribution in [0.15, 0.2) is 0 Å². The maximum absolute atomic E-state index is 5.87. The molecule has 0 aromatic rings. The third-order valence-electron chi connectivity index (χ3n) is 2.85. The summed E-state index contributed by atoms with van der Waals surface area (Å²) in [4.78, 5) is 0. The van der Waals surface area contributed by atoms with Crippen molar-refractivity contribution in [2.45, 2.75) is 51.9 Å². The predicted molar refractivity (Wildman–Crippen MR) is 91.9 cm³/mol. The second-order valence-corrected chi connectivity index (χ2v) is 15.3. The van der Waals surface area contributed by atoms with Gasteiger partial charge in [-0.05, 0) is 23.6 Å². The van der Waals surface area contributed by atoms with Crippen molar-refractivity contribution in [3.8, 4) is 0 Å². The van der Waals surface area contributed by atoms with Crippen molar-refractivity contribution in [3.05, 3.63) is 0 Å². The molecule has 0 bridgehead atoms. The minimum absolute atomic E-state index is 0.203. The summed E-state index contributed by atoms with van der Waals surface area (Å²) in [7, 11) is 0. The zero-order valence-corrected chi connectivity index (χ0v) is 16.6. The van der Waals surface area contributed by atoms with Gasteiger partial charge in [-0.2, -0.15) is 0 Å². The van der Waals surface area contributed by atoms with E-state index in [0.29, 0.717) is 26.4 Å². The normalized spacial score (nSPS) is 34.7. The van der Waals surface area contributed by atoms with E-state index in [9.17, 15) is 0 Å². The Bertz CT molecular complexity index is 366. The molecule has 0 radical (unpaired) electrons. The molecule has 0 amide bonds. The molecular weight excluding hydrogens is 334 g/mol. The highest BCUT2D eigenvalue weighted by atomic mass is 32.5. The van der Waals surface area contributed by atoms with Crippen molar-refractivity contribution in [1.29, 1.82) is 0 Å². The molecule has 120 valence electrons. The third-order valence-corrected chi connectivity index (χ3v) is 12.8. The summed E-state index contributed by atoms with van der Waals surface area (Å²) in [6.07, 6.45) is 0. The van der Waals surface area contributed by atoms with E-state index in [0.717, 1.165) is 0 Å². The maximum atomic E-state index is 5.87. The highest BCUT2D eigenvalue weighted by molar-refractivity contribution is 8.11. The first kappa shape index (κ1) is 19.2. The standard InChI is InChI=1S/C12H26O4P2S2/c1-11(2,3)17(19)13-7-9-15-18(20,12(4,5)6)16-10-8-14-17/h7-10H2,1-6H3. The van der Waals surface area contributed by atoms with Crippen LogP contribution in [0.1, 0.15) is 41.5 Å².